The summed E-state index contributed by atoms with van der Waals surface area (Å²) in [4.78, 5) is 29.1. The number of hydrogen-bond acceptors (Lipinski definition) is 4. The smallest absolute Gasteiger partial charge is 0.242 e. The molecule has 2 N–H and O–H groups in total. The van der Waals surface area contributed by atoms with Crippen LogP contribution in [0.25, 0.3) is 0 Å². The zero-order valence-electron chi connectivity index (χ0n) is 7.65. The zero-order valence-corrected chi connectivity index (χ0v) is 7.65. The van der Waals surface area contributed by atoms with Gasteiger partial charge in [-0.05, 0) is 5.56 Å². The fourth-order valence-corrected chi connectivity index (χ4v) is 0.809. The van der Waals surface area contributed by atoms with Crippen molar-refractivity contribution in [3.8, 4) is 0 Å². The number of carbonyl (C=O) groups is 2. The lowest BCUT2D eigenvalue weighted by Crippen LogP contribution is -2.41. The van der Waals surface area contributed by atoms with Crippen LogP contribution in [0.2, 0.25) is 0 Å². The Morgan fingerprint density at radius 2 is 1.93 bits per heavy atom. The highest BCUT2D eigenvalue weighted by atomic mass is 16.2. The second kappa shape index (κ2) is 4.90. The first kappa shape index (κ1) is 10.1. The van der Waals surface area contributed by atoms with Gasteiger partial charge in [-0.25, -0.2) is 9.97 Å². The van der Waals surface area contributed by atoms with Crippen molar-refractivity contribution in [3.05, 3.63) is 24.3 Å². The third kappa shape index (κ3) is 3.61. The predicted molar refractivity (Wildman–Crippen MR) is 47.7 cm³/mol. The zero-order chi connectivity index (χ0) is 10.4. The molecule has 6 heteroatoms. The van der Waals surface area contributed by atoms with Gasteiger partial charge in [0.2, 0.25) is 11.8 Å². The molecule has 14 heavy (non-hydrogen) atoms. The number of hydrazine groups is 1. The van der Waals surface area contributed by atoms with E-state index in [2.05, 4.69) is 20.8 Å². The summed E-state index contributed by atoms with van der Waals surface area (Å²) in [5, 5.41) is 0. The SMILES string of the molecule is CC(=O)NNC(=O)Cc1cncnc1. The van der Waals surface area contributed by atoms with E-state index in [1.165, 1.54) is 13.3 Å². The molecule has 0 aliphatic rings. The molecule has 0 atom stereocenters. The normalized spacial score (nSPS) is 9.21. The molecule has 1 heterocycles. The highest BCUT2D eigenvalue weighted by molar-refractivity contribution is 5.82. The number of nitrogens with one attached hydrogen (secondary N) is 2. The molecule has 0 saturated heterocycles. The molecule has 1 aromatic rings. The Balaban J connectivity index is 2.38. The molecule has 0 saturated carbocycles. The molecule has 1 aromatic heterocycles. The molecule has 74 valence electrons. The van der Waals surface area contributed by atoms with E-state index in [4.69, 9.17) is 0 Å². The summed E-state index contributed by atoms with van der Waals surface area (Å²) in [6.45, 7) is 1.31. The van der Waals surface area contributed by atoms with Crippen molar-refractivity contribution in [1.82, 2.24) is 20.8 Å². The Kier molecular flexibility index (Phi) is 3.54. The van der Waals surface area contributed by atoms with Gasteiger partial charge in [-0.2, -0.15) is 0 Å². The van der Waals surface area contributed by atoms with Crippen LogP contribution < -0.4 is 10.9 Å². The van der Waals surface area contributed by atoms with Crippen LogP contribution in [0.4, 0.5) is 0 Å². The first-order valence-corrected chi connectivity index (χ1v) is 3.98. The molecule has 6 nitrogen and oxygen atoms in total. The van der Waals surface area contributed by atoms with Crippen molar-refractivity contribution in [2.75, 3.05) is 0 Å². The minimum absolute atomic E-state index is 0.140. The van der Waals surface area contributed by atoms with Crippen LogP contribution in [0, 0.1) is 0 Å². The molecular formula is C8H10N4O2. The molecule has 0 unspecified atom stereocenters. The lowest BCUT2D eigenvalue weighted by molar-refractivity contribution is -0.127. The minimum atomic E-state index is -0.317. The van der Waals surface area contributed by atoms with Gasteiger partial charge in [0.25, 0.3) is 0 Å². The molecule has 0 radical (unpaired) electrons. The van der Waals surface area contributed by atoms with E-state index >= 15 is 0 Å². The van der Waals surface area contributed by atoms with E-state index in [1.807, 2.05) is 0 Å². The molecule has 0 aromatic carbocycles. The van der Waals surface area contributed by atoms with Crippen LogP contribution in [0.1, 0.15) is 12.5 Å². The van der Waals surface area contributed by atoms with E-state index in [0.29, 0.717) is 5.56 Å². The van der Waals surface area contributed by atoms with Crippen LogP contribution in [0.15, 0.2) is 18.7 Å². The lowest BCUT2D eigenvalue weighted by Gasteiger charge is -2.03. The van der Waals surface area contributed by atoms with Crippen molar-refractivity contribution in [2.24, 2.45) is 0 Å². The number of nitrogens with zero attached hydrogens (tertiary/aromatic N) is 2. The topological polar surface area (TPSA) is 84.0 Å². The number of hydrogen-bond donors (Lipinski definition) is 2. The van der Waals surface area contributed by atoms with E-state index in [0.717, 1.165) is 0 Å². The predicted octanol–water partition coefficient (Wildman–Crippen LogP) is -0.814. The maximum atomic E-state index is 11.1. The fraction of sp³-hybridized carbons (Fsp3) is 0.250. The van der Waals surface area contributed by atoms with E-state index in [9.17, 15) is 9.59 Å². The standard InChI is InChI=1S/C8H10N4O2/c1-6(13)11-12-8(14)2-7-3-9-5-10-4-7/h3-5H,2H2,1H3,(H,11,13)(H,12,14). The first-order valence-electron chi connectivity index (χ1n) is 3.98. The minimum Gasteiger partial charge on any atom is -0.274 e. The van der Waals surface area contributed by atoms with Crippen molar-refractivity contribution in [2.45, 2.75) is 13.3 Å². The third-order valence-electron chi connectivity index (χ3n) is 1.36. The van der Waals surface area contributed by atoms with Gasteiger partial charge >= 0.3 is 0 Å². The number of amides is 2. The fourth-order valence-electron chi connectivity index (χ4n) is 0.809. The van der Waals surface area contributed by atoms with Crippen molar-refractivity contribution in [1.29, 1.82) is 0 Å². The molecule has 2 amide bonds. The Morgan fingerprint density at radius 1 is 1.29 bits per heavy atom. The lowest BCUT2D eigenvalue weighted by atomic mass is 10.2. The van der Waals surface area contributed by atoms with Crippen molar-refractivity contribution >= 4 is 11.8 Å². The first-order chi connectivity index (χ1) is 6.68. The summed E-state index contributed by atoms with van der Waals surface area (Å²) < 4.78 is 0. The average Bonchev–Trinajstić information content (AvgIpc) is 2.16. The maximum absolute atomic E-state index is 11.1. The Bertz CT molecular complexity index is 325. The number of rotatable bonds is 2. The molecule has 0 spiro atoms. The molecule has 1 rings (SSSR count). The van der Waals surface area contributed by atoms with Gasteiger partial charge in [0.05, 0.1) is 6.42 Å². The number of aromatic nitrogens is 2. The highest BCUT2D eigenvalue weighted by Gasteiger charge is 2.02. The average molecular weight is 194 g/mol. The van der Waals surface area contributed by atoms with E-state index in [-0.39, 0.29) is 18.2 Å². The summed E-state index contributed by atoms with van der Waals surface area (Å²) in [5.74, 6) is -0.627. The Labute approximate surface area is 80.7 Å². The summed E-state index contributed by atoms with van der Waals surface area (Å²) in [5.41, 5.74) is 5.11. The molecule has 0 bridgehead atoms. The molecule has 0 aliphatic carbocycles. The van der Waals surface area contributed by atoms with Gasteiger partial charge < -0.3 is 0 Å². The van der Waals surface area contributed by atoms with Crippen molar-refractivity contribution < 1.29 is 9.59 Å². The van der Waals surface area contributed by atoms with E-state index in [1.54, 1.807) is 12.4 Å². The van der Waals surface area contributed by atoms with Crippen LogP contribution in [-0.4, -0.2) is 21.8 Å². The van der Waals surface area contributed by atoms with Gasteiger partial charge in [0, 0.05) is 19.3 Å². The van der Waals surface area contributed by atoms with Gasteiger partial charge in [0.1, 0.15) is 6.33 Å². The summed E-state index contributed by atoms with van der Waals surface area (Å²) in [7, 11) is 0. The highest BCUT2D eigenvalue weighted by Crippen LogP contribution is 1.93. The second-order valence-electron chi connectivity index (χ2n) is 2.65. The van der Waals surface area contributed by atoms with Crippen LogP contribution >= 0.6 is 0 Å². The van der Waals surface area contributed by atoms with Crippen LogP contribution in [0.3, 0.4) is 0 Å². The summed E-state index contributed by atoms with van der Waals surface area (Å²) in [6.07, 6.45) is 4.61. The summed E-state index contributed by atoms with van der Waals surface area (Å²) in [6, 6.07) is 0. The molecule has 0 aliphatic heterocycles. The van der Waals surface area contributed by atoms with Crippen LogP contribution in [-0.2, 0) is 16.0 Å². The Morgan fingerprint density at radius 3 is 2.50 bits per heavy atom. The number of carbonyl (C=O) groups excluding carboxylic acids is 2. The molecular weight excluding hydrogens is 184 g/mol. The van der Waals surface area contributed by atoms with E-state index < -0.39 is 0 Å². The van der Waals surface area contributed by atoms with Gasteiger partial charge in [0.15, 0.2) is 0 Å². The van der Waals surface area contributed by atoms with Crippen LogP contribution in [0.5, 0.6) is 0 Å². The monoisotopic (exact) mass is 194 g/mol. The third-order valence-corrected chi connectivity index (χ3v) is 1.36. The second-order valence-corrected chi connectivity index (χ2v) is 2.65. The maximum Gasteiger partial charge on any atom is 0.242 e. The summed E-state index contributed by atoms with van der Waals surface area (Å²) >= 11 is 0. The largest absolute Gasteiger partial charge is 0.274 e. The van der Waals surface area contributed by atoms with Gasteiger partial charge in [-0.3, -0.25) is 20.4 Å². The van der Waals surface area contributed by atoms with Gasteiger partial charge in [-0.1, -0.05) is 0 Å². The van der Waals surface area contributed by atoms with Gasteiger partial charge in [-0.15, -0.1) is 0 Å². The van der Waals surface area contributed by atoms with Crippen molar-refractivity contribution in [3.63, 3.8) is 0 Å². The Hall–Kier alpha value is -1.98. The molecule has 0 fully saturated rings. The quantitative estimate of drug-likeness (QED) is 0.603.